The Balaban J connectivity index is 0.000000199. The van der Waals surface area contributed by atoms with Gasteiger partial charge in [0.1, 0.15) is 0 Å². The van der Waals surface area contributed by atoms with Crippen LogP contribution < -0.4 is 4.90 Å². The number of nitrogens with one attached hydrogen (secondary N) is 1. The maximum Gasteiger partial charge on any atom is 0.490 e. The van der Waals surface area contributed by atoms with E-state index in [1.165, 1.54) is 16.8 Å². The van der Waals surface area contributed by atoms with Crippen LogP contribution in [0.5, 0.6) is 0 Å². The number of hydrogen-bond acceptors (Lipinski definition) is 2. The molecule has 2 aliphatic heterocycles. The first-order valence-electron chi connectivity index (χ1n) is 6.20. The van der Waals surface area contributed by atoms with Gasteiger partial charge in [0.2, 0.25) is 0 Å². The first kappa shape index (κ1) is 15.1. The molecule has 21 heavy (non-hydrogen) atoms. The largest absolute Gasteiger partial charge is 0.490 e. The molecule has 114 valence electrons. The van der Waals surface area contributed by atoms with Crippen LogP contribution in [0.4, 0.5) is 18.9 Å². The summed E-state index contributed by atoms with van der Waals surface area (Å²) >= 11 is 0. The molecule has 5 nitrogen and oxygen atoms in total. The Labute approximate surface area is 119 Å². The highest BCUT2D eigenvalue weighted by Crippen LogP contribution is 2.35. The molecule has 0 bridgehead atoms. The van der Waals surface area contributed by atoms with E-state index in [1.54, 1.807) is 0 Å². The minimum absolute atomic E-state index is 0.641. The summed E-state index contributed by atoms with van der Waals surface area (Å²) in [6.07, 6.45) is -4.00. The number of carboxylic acid groups (broad SMARTS) is 1. The normalized spacial score (nSPS) is 16.3. The number of halogens is 3. The monoisotopic (exact) mass is 301 g/mol. The number of carbonyl (C=O) groups is 1. The number of benzene rings is 1. The van der Waals surface area contributed by atoms with Gasteiger partial charge in [-0.05, 0) is 17.5 Å². The van der Waals surface area contributed by atoms with Crippen molar-refractivity contribution in [2.75, 3.05) is 18.5 Å². The lowest BCUT2D eigenvalue weighted by molar-refractivity contribution is -0.192. The molecule has 2 heterocycles. The molecular formula is C13H14F3N3O2. The van der Waals surface area contributed by atoms with Gasteiger partial charge in [-0.25, -0.2) is 4.79 Å². The number of anilines is 1. The number of guanidine groups is 1. The number of aliphatic carboxylic acids is 1. The van der Waals surface area contributed by atoms with Crippen LogP contribution in [0.3, 0.4) is 0 Å². The number of rotatable bonds is 0. The van der Waals surface area contributed by atoms with Gasteiger partial charge in [0.25, 0.3) is 0 Å². The zero-order valence-electron chi connectivity index (χ0n) is 11.2. The molecule has 0 spiro atoms. The maximum atomic E-state index is 10.6. The third-order valence-electron chi connectivity index (χ3n) is 3.35. The summed E-state index contributed by atoms with van der Waals surface area (Å²) < 4.78 is 31.7. The Morgan fingerprint density at radius 3 is 2.48 bits per heavy atom. The van der Waals surface area contributed by atoms with Gasteiger partial charge >= 0.3 is 12.1 Å². The molecule has 3 rings (SSSR count). The predicted octanol–water partition coefficient (Wildman–Crippen LogP) is 2.06. The molecule has 0 atom stereocenters. The second-order valence-corrected chi connectivity index (χ2v) is 4.81. The van der Waals surface area contributed by atoms with E-state index in [9.17, 15) is 13.2 Å². The van der Waals surface area contributed by atoms with Crippen molar-refractivity contribution in [2.24, 2.45) is 0 Å². The van der Waals surface area contributed by atoms with Crippen LogP contribution in [0.1, 0.15) is 11.1 Å². The van der Waals surface area contributed by atoms with Crippen LogP contribution in [0, 0.1) is 5.41 Å². The first-order chi connectivity index (χ1) is 9.71. The van der Waals surface area contributed by atoms with Crippen molar-refractivity contribution < 1.29 is 23.1 Å². The van der Waals surface area contributed by atoms with E-state index < -0.39 is 12.1 Å². The van der Waals surface area contributed by atoms with Crippen LogP contribution in [-0.2, 0) is 17.8 Å². The lowest BCUT2D eigenvalue weighted by Gasteiger charge is -2.34. The summed E-state index contributed by atoms with van der Waals surface area (Å²) in [5.41, 5.74) is 4.06. The van der Waals surface area contributed by atoms with Gasteiger partial charge in [0.15, 0.2) is 5.96 Å². The smallest absolute Gasteiger partial charge is 0.475 e. The minimum atomic E-state index is -5.08. The molecule has 2 aliphatic rings. The molecule has 0 saturated carbocycles. The molecule has 0 aliphatic carbocycles. The third kappa shape index (κ3) is 2.93. The Bertz CT molecular complexity index is 587. The SMILES string of the molecule is CN1Cc2cccc3c2N(CC3)C1=N.O=C(O)C(F)(F)F. The van der Waals surface area contributed by atoms with Gasteiger partial charge in [-0.1, -0.05) is 18.2 Å². The number of para-hydroxylation sites is 1. The number of nitrogens with zero attached hydrogens (tertiary/aromatic N) is 2. The van der Waals surface area contributed by atoms with Crippen molar-refractivity contribution in [3.8, 4) is 0 Å². The standard InChI is InChI=1S/C11H13N3.C2HF3O2/c1-13-7-9-4-2-3-8-5-6-14(10(8)9)11(13)12;3-2(4,5)1(6)7/h2-4,12H,5-7H2,1H3;(H,6,7). The zero-order valence-corrected chi connectivity index (χ0v) is 11.2. The number of alkyl halides is 3. The fourth-order valence-corrected chi connectivity index (χ4v) is 2.41. The second-order valence-electron chi connectivity index (χ2n) is 4.81. The summed E-state index contributed by atoms with van der Waals surface area (Å²) in [5, 5.41) is 15.1. The molecule has 0 unspecified atom stereocenters. The fraction of sp³-hybridized carbons (Fsp3) is 0.385. The molecule has 2 N–H and O–H groups in total. The van der Waals surface area contributed by atoms with E-state index >= 15 is 0 Å². The van der Waals surface area contributed by atoms with Gasteiger partial charge in [-0.2, -0.15) is 13.2 Å². The van der Waals surface area contributed by atoms with Gasteiger partial charge < -0.3 is 14.9 Å². The summed E-state index contributed by atoms with van der Waals surface area (Å²) in [7, 11) is 1.98. The number of carboxylic acids is 1. The van der Waals surface area contributed by atoms with Crippen LogP contribution in [-0.4, -0.2) is 41.7 Å². The fourth-order valence-electron chi connectivity index (χ4n) is 2.41. The lowest BCUT2D eigenvalue weighted by atomic mass is 10.1. The maximum absolute atomic E-state index is 10.6. The van der Waals surface area contributed by atoms with E-state index in [0.29, 0.717) is 5.96 Å². The molecular weight excluding hydrogens is 287 g/mol. The minimum Gasteiger partial charge on any atom is -0.475 e. The van der Waals surface area contributed by atoms with Crippen molar-refractivity contribution in [3.63, 3.8) is 0 Å². The molecule has 0 saturated heterocycles. The molecule has 8 heteroatoms. The second kappa shape index (κ2) is 5.27. The highest BCUT2D eigenvalue weighted by molar-refractivity contribution is 5.98. The summed E-state index contributed by atoms with van der Waals surface area (Å²) in [4.78, 5) is 13.0. The Morgan fingerprint density at radius 1 is 1.33 bits per heavy atom. The Kier molecular flexibility index (Phi) is 3.80. The van der Waals surface area contributed by atoms with Crippen LogP contribution >= 0.6 is 0 Å². The summed E-state index contributed by atoms with van der Waals surface area (Å²) in [6.45, 7) is 1.84. The van der Waals surface area contributed by atoms with Crippen molar-refractivity contribution in [1.82, 2.24) is 4.90 Å². The van der Waals surface area contributed by atoms with Crippen LogP contribution in [0.15, 0.2) is 18.2 Å². The molecule has 0 fully saturated rings. The van der Waals surface area contributed by atoms with Crippen molar-refractivity contribution in [3.05, 3.63) is 29.3 Å². The third-order valence-corrected chi connectivity index (χ3v) is 3.35. The average Bonchev–Trinajstić information content (AvgIpc) is 2.81. The van der Waals surface area contributed by atoms with Crippen LogP contribution in [0.25, 0.3) is 0 Å². The van der Waals surface area contributed by atoms with Crippen LogP contribution in [0.2, 0.25) is 0 Å². The number of hydrogen-bond donors (Lipinski definition) is 2. The first-order valence-corrected chi connectivity index (χ1v) is 6.20. The lowest BCUT2D eigenvalue weighted by Crippen LogP contribution is -2.44. The Hall–Kier alpha value is -2.25. The van der Waals surface area contributed by atoms with Gasteiger partial charge in [-0.3, -0.25) is 5.41 Å². The molecule has 1 aromatic carbocycles. The predicted molar refractivity (Wildman–Crippen MR) is 70.4 cm³/mol. The topological polar surface area (TPSA) is 67.6 Å². The zero-order chi connectivity index (χ0) is 15.8. The molecule has 0 amide bonds. The van der Waals surface area contributed by atoms with Crippen molar-refractivity contribution in [2.45, 2.75) is 19.1 Å². The van der Waals surface area contributed by atoms with Gasteiger partial charge in [-0.15, -0.1) is 0 Å². The highest BCUT2D eigenvalue weighted by Gasteiger charge is 2.38. The van der Waals surface area contributed by atoms with E-state index in [0.717, 1.165) is 19.5 Å². The molecule has 1 aromatic rings. The van der Waals surface area contributed by atoms with E-state index in [1.807, 2.05) is 11.9 Å². The van der Waals surface area contributed by atoms with Gasteiger partial charge in [0, 0.05) is 20.1 Å². The molecule has 0 aromatic heterocycles. The Morgan fingerprint density at radius 2 is 1.90 bits per heavy atom. The van der Waals surface area contributed by atoms with Crippen molar-refractivity contribution in [1.29, 1.82) is 5.41 Å². The van der Waals surface area contributed by atoms with E-state index in [-0.39, 0.29) is 0 Å². The van der Waals surface area contributed by atoms with Crippen molar-refractivity contribution >= 4 is 17.6 Å². The summed E-state index contributed by atoms with van der Waals surface area (Å²) in [5.74, 6) is -2.12. The van der Waals surface area contributed by atoms with E-state index in [2.05, 4.69) is 23.1 Å². The van der Waals surface area contributed by atoms with Gasteiger partial charge in [0.05, 0.1) is 5.69 Å². The molecule has 0 radical (unpaired) electrons. The quantitative estimate of drug-likeness (QED) is 0.770. The summed E-state index contributed by atoms with van der Waals surface area (Å²) in [6, 6.07) is 6.47. The highest BCUT2D eigenvalue weighted by atomic mass is 19.4. The van der Waals surface area contributed by atoms with E-state index in [4.69, 9.17) is 15.3 Å². The average molecular weight is 301 g/mol.